The molecule has 0 bridgehead atoms. The number of non-ortho nitro benzene ring substituents is 1. The summed E-state index contributed by atoms with van der Waals surface area (Å²) in [6, 6.07) is 5.76. The summed E-state index contributed by atoms with van der Waals surface area (Å²) in [7, 11) is 1.47. The largest absolute Gasteiger partial charge is 0.479 e. The minimum absolute atomic E-state index is 0.0183. The molecule has 10 heteroatoms. The predicted molar refractivity (Wildman–Crippen MR) is 93.6 cm³/mol. The molecular weight excluding hydrogens is 354 g/mol. The number of likely N-dealkylation sites (N-methyl/N-ethyl adjacent to an activating group) is 1. The fourth-order valence-corrected chi connectivity index (χ4v) is 3.43. The van der Waals surface area contributed by atoms with Gasteiger partial charge in [-0.05, 0) is 18.9 Å². The van der Waals surface area contributed by atoms with Gasteiger partial charge in [0.25, 0.3) is 11.6 Å². The zero-order valence-corrected chi connectivity index (χ0v) is 14.7. The first-order chi connectivity index (χ1) is 12.8. The van der Waals surface area contributed by atoms with E-state index in [9.17, 15) is 24.8 Å². The van der Waals surface area contributed by atoms with E-state index in [0.29, 0.717) is 18.5 Å². The van der Waals surface area contributed by atoms with Gasteiger partial charge in [-0.3, -0.25) is 14.9 Å². The van der Waals surface area contributed by atoms with Gasteiger partial charge in [0.05, 0.1) is 16.8 Å². The monoisotopic (exact) mass is 373 g/mol. The predicted octanol–water partition coefficient (Wildman–Crippen LogP) is 2.03. The van der Waals surface area contributed by atoms with Crippen LogP contribution in [0.1, 0.15) is 42.6 Å². The Morgan fingerprint density at radius 2 is 2.00 bits per heavy atom. The molecule has 1 aliphatic rings. The quantitative estimate of drug-likeness (QED) is 0.626. The lowest BCUT2D eigenvalue weighted by atomic mass is 9.80. The molecule has 0 saturated heterocycles. The van der Waals surface area contributed by atoms with Crippen LogP contribution in [0, 0.1) is 10.1 Å². The first-order valence-electron chi connectivity index (χ1n) is 8.54. The molecule has 1 saturated carbocycles. The molecular formula is C17H19N5O5. The van der Waals surface area contributed by atoms with Gasteiger partial charge in [0.2, 0.25) is 0 Å². The Morgan fingerprint density at radius 3 is 2.63 bits per heavy atom. The molecule has 0 radical (unpaired) electrons. The zero-order valence-electron chi connectivity index (χ0n) is 14.7. The fourth-order valence-electron chi connectivity index (χ4n) is 3.43. The van der Waals surface area contributed by atoms with Gasteiger partial charge in [-0.15, -0.1) is 5.10 Å². The van der Waals surface area contributed by atoms with Gasteiger partial charge in [0.1, 0.15) is 5.54 Å². The number of carbonyl (C=O) groups is 2. The van der Waals surface area contributed by atoms with E-state index in [1.165, 1.54) is 41.0 Å². The zero-order chi connectivity index (χ0) is 19.6. The third-order valence-electron chi connectivity index (χ3n) is 5.04. The van der Waals surface area contributed by atoms with Crippen molar-refractivity contribution in [3.63, 3.8) is 0 Å². The smallest absolute Gasteiger partial charge is 0.329 e. The summed E-state index contributed by atoms with van der Waals surface area (Å²) in [5, 5.41) is 28.3. The second kappa shape index (κ2) is 7.14. The van der Waals surface area contributed by atoms with Crippen LogP contribution in [0.2, 0.25) is 0 Å². The van der Waals surface area contributed by atoms with Crippen LogP contribution in [-0.2, 0) is 4.79 Å². The van der Waals surface area contributed by atoms with Crippen LogP contribution in [0.15, 0.2) is 30.5 Å². The Kier molecular flexibility index (Phi) is 4.89. The van der Waals surface area contributed by atoms with E-state index in [0.717, 1.165) is 19.3 Å². The second-order valence-corrected chi connectivity index (χ2v) is 6.59. The summed E-state index contributed by atoms with van der Waals surface area (Å²) in [6.07, 6.45) is 4.55. The van der Waals surface area contributed by atoms with Crippen molar-refractivity contribution in [3.05, 3.63) is 46.3 Å². The molecule has 1 amide bonds. The van der Waals surface area contributed by atoms with Crippen molar-refractivity contribution in [1.29, 1.82) is 0 Å². The van der Waals surface area contributed by atoms with Crippen molar-refractivity contribution in [2.45, 2.75) is 37.6 Å². The summed E-state index contributed by atoms with van der Waals surface area (Å²) in [5.74, 6) is -1.57. The maximum atomic E-state index is 12.8. The summed E-state index contributed by atoms with van der Waals surface area (Å²) >= 11 is 0. The third kappa shape index (κ3) is 3.37. The van der Waals surface area contributed by atoms with Crippen LogP contribution in [-0.4, -0.2) is 54.4 Å². The summed E-state index contributed by atoms with van der Waals surface area (Å²) in [4.78, 5) is 36.3. The van der Waals surface area contributed by atoms with Crippen LogP contribution in [0.3, 0.4) is 0 Å². The average Bonchev–Trinajstić information content (AvgIpc) is 3.17. The highest BCUT2D eigenvalue weighted by molar-refractivity contribution is 5.96. The number of nitro groups is 1. The molecule has 3 rings (SSSR count). The molecule has 0 unspecified atom stereocenters. The number of carboxylic acid groups (broad SMARTS) is 1. The van der Waals surface area contributed by atoms with Crippen LogP contribution in [0.25, 0.3) is 5.69 Å². The highest BCUT2D eigenvalue weighted by Crippen LogP contribution is 2.34. The van der Waals surface area contributed by atoms with Crippen molar-refractivity contribution in [1.82, 2.24) is 19.9 Å². The van der Waals surface area contributed by atoms with Gasteiger partial charge in [0.15, 0.2) is 5.69 Å². The standard InChI is InChI=1S/C17H19N5O5/c1-20(17(16(24)25)8-3-2-4-9-17)15(23)14-11-21(19-18-14)12-6-5-7-13(10-12)22(26)27/h5-7,10-11H,2-4,8-9H2,1H3,(H,24,25). The molecule has 2 aromatic rings. The number of rotatable bonds is 5. The van der Waals surface area contributed by atoms with Crippen molar-refractivity contribution < 1.29 is 19.6 Å². The molecule has 0 aliphatic heterocycles. The van der Waals surface area contributed by atoms with Gasteiger partial charge in [-0.1, -0.05) is 30.5 Å². The summed E-state index contributed by atoms with van der Waals surface area (Å²) in [5.41, 5.74) is -0.996. The number of benzene rings is 1. The van der Waals surface area contributed by atoms with Crippen LogP contribution >= 0.6 is 0 Å². The lowest BCUT2D eigenvalue weighted by Crippen LogP contribution is -2.56. The number of aliphatic carboxylic acids is 1. The van der Waals surface area contributed by atoms with Crippen molar-refractivity contribution in [3.8, 4) is 5.69 Å². The van der Waals surface area contributed by atoms with Gasteiger partial charge in [-0.2, -0.15) is 0 Å². The second-order valence-electron chi connectivity index (χ2n) is 6.59. The topological polar surface area (TPSA) is 131 Å². The summed E-state index contributed by atoms with van der Waals surface area (Å²) in [6.45, 7) is 0. The SMILES string of the molecule is CN(C(=O)c1cn(-c2cccc([N+](=O)[O-])c2)nn1)C1(C(=O)O)CCCCC1. The average molecular weight is 373 g/mol. The Morgan fingerprint density at radius 1 is 1.30 bits per heavy atom. The number of amides is 1. The van der Waals surface area contributed by atoms with E-state index < -0.39 is 22.3 Å². The molecule has 1 N–H and O–H groups in total. The van der Waals surface area contributed by atoms with Crippen molar-refractivity contribution in [2.24, 2.45) is 0 Å². The third-order valence-corrected chi connectivity index (χ3v) is 5.04. The van der Waals surface area contributed by atoms with E-state index in [1.54, 1.807) is 6.07 Å². The van der Waals surface area contributed by atoms with E-state index in [-0.39, 0.29) is 11.4 Å². The number of nitrogens with zero attached hydrogens (tertiary/aromatic N) is 5. The number of carboxylic acids is 1. The first-order valence-corrected chi connectivity index (χ1v) is 8.54. The molecule has 1 aromatic heterocycles. The number of carbonyl (C=O) groups excluding carboxylic acids is 1. The molecule has 27 heavy (non-hydrogen) atoms. The molecule has 142 valence electrons. The molecule has 0 atom stereocenters. The van der Waals surface area contributed by atoms with Gasteiger partial charge < -0.3 is 10.0 Å². The normalized spacial score (nSPS) is 15.9. The Balaban J connectivity index is 1.87. The lowest BCUT2D eigenvalue weighted by molar-refractivity contribution is -0.384. The van der Waals surface area contributed by atoms with Gasteiger partial charge in [-0.25, -0.2) is 9.48 Å². The van der Waals surface area contributed by atoms with E-state index in [4.69, 9.17) is 0 Å². The first kappa shape index (κ1) is 18.5. The minimum atomic E-state index is -1.25. The fraction of sp³-hybridized carbons (Fsp3) is 0.412. The maximum absolute atomic E-state index is 12.8. The lowest BCUT2D eigenvalue weighted by Gasteiger charge is -2.40. The number of aromatic nitrogens is 3. The number of nitro benzene ring substituents is 1. The highest BCUT2D eigenvalue weighted by atomic mass is 16.6. The van der Waals surface area contributed by atoms with Gasteiger partial charge in [0, 0.05) is 19.2 Å². The van der Waals surface area contributed by atoms with Crippen LogP contribution < -0.4 is 0 Å². The van der Waals surface area contributed by atoms with Crippen LogP contribution in [0.4, 0.5) is 5.69 Å². The van der Waals surface area contributed by atoms with Crippen molar-refractivity contribution in [2.75, 3.05) is 7.05 Å². The molecule has 1 aliphatic carbocycles. The molecule has 10 nitrogen and oxygen atoms in total. The maximum Gasteiger partial charge on any atom is 0.329 e. The minimum Gasteiger partial charge on any atom is -0.479 e. The van der Waals surface area contributed by atoms with Crippen molar-refractivity contribution >= 4 is 17.6 Å². The Bertz CT molecular complexity index is 887. The number of hydrogen-bond donors (Lipinski definition) is 1. The molecule has 0 spiro atoms. The Labute approximate surface area is 154 Å². The Hall–Kier alpha value is -3.30. The van der Waals surface area contributed by atoms with Crippen LogP contribution in [0.5, 0.6) is 0 Å². The summed E-state index contributed by atoms with van der Waals surface area (Å²) < 4.78 is 1.25. The van der Waals surface area contributed by atoms with E-state index in [2.05, 4.69) is 10.3 Å². The highest BCUT2D eigenvalue weighted by Gasteiger charge is 2.46. The van der Waals surface area contributed by atoms with Gasteiger partial charge >= 0.3 is 5.97 Å². The van der Waals surface area contributed by atoms with E-state index >= 15 is 0 Å². The molecule has 1 fully saturated rings. The van der Waals surface area contributed by atoms with E-state index in [1.807, 2.05) is 0 Å². The number of hydrogen-bond acceptors (Lipinski definition) is 6. The molecule has 1 aromatic carbocycles. The molecule has 1 heterocycles.